The molecule has 0 aliphatic rings. The summed E-state index contributed by atoms with van der Waals surface area (Å²) in [5, 5.41) is 0. The van der Waals surface area contributed by atoms with E-state index >= 15 is 0 Å². The van der Waals surface area contributed by atoms with Crippen LogP contribution in [0.4, 0.5) is 5.95 Å². The zero-order valence-electron chi connectivity index (χ0n) is 12.2. The van der Waals surface area contributed by atoms with Gasteiger partial charge in [0.05, 0.1) is 7.11 Å². The summed E-state index contributed by atoms with van der Waals surface area (Å²) < 4.78 is 5.05. The molecule has 1 aromatic heterocycles. The number of aromatic nitrogens is 2. The molecule has 0 radical (unpaired) electrons. The average molecular weight is 300 g/mol. The van der Waals surface area contributed by atoms with E-state index in [0.29, 0.717) is 5.69 Å². The zero-order chi connectivity index (χ0) is 15.9. The van der Waals surface area contributed by atoms with Gasteiger partial charge in [-0.1, -0.05) is 12.1 Å². The monoisotopic (exact) mass is 300 g/mol. The van der Waals surface area contributed by atoms with Crippen LogP contribution in [-0.4, -0.2) is 23.0 Å². The number of rotatable bonds is 5. The summed E-state index contributed by atoms with van der Waals surface area (Å²) in [6, 6.07) is 8.62. The molecule has 0 aliphatic carbocycles. The van der Waals surface area contributed by atoms with Crippen molar-refractivity contribution in [2.45, 2.75) is 6.92 Å². The Bertz CT molecular complexity index is 735. The molecule has 2 aromatic rings. The summed E-state index contributed by atoms with van der Waals surface area (Å²) in [6.07, 6.45) is 3.02. The van der Waals surface area contributed by atoms with Crippen LogP contribution < -0.4 is 21.1 Å². The lowest BCUT2D eigenvalue weighted by molar-refractivity contribution is -0.116. The molecule has 0 saturated carbocycles. The van der Waals surface area contributed by atoms with E-state index in [1.54, 1.807) is 32.2 Å². The zero-order valence-corrected chi connectivity index (χ0v) is 12.2. The van der Waals surface area contributed by atoms with Crippen molar-refractivity contribution in [3.63, 3.8) is 0 Å². The second-order valence-electron chi connectivity index (χ2n) is 4.46. The molecule has 1 amide bonds. The molecule has 1 aromatic carbocycles. The third-order valence-electron chi connectivity index (χ3n) is 2.72. The Morgan fingerprint density at radius 3 is 2.68 bits per heavy atom. The third kappa shape index (κ3) is 4.48. The fourth-order valence-corrected chi connectivity index (χ4v) is 1.69. The second-order valence-corrected chi connectivity index (χ2v) is 4.46. The molecule has 0 unspecified atom stereocenters. The smallest absolute Gasteiger partial charge is 0.262 e. The Morgan fingerprint density at radius 1 is 1.32 bits per heavy atom. The van der Waals surface area contributed by atoms with Crippen molar-refractivity contribution in [3.8, 4) is 5.75 Å². The lowest BCUT2D eigenvalue weighted by Crippen LogP contribution is -2.29. The lowest BCUT2D eigenvalue weighted by Gasteiger charge is -2.05. The minimum Gasteiger partial charge on any atom is -0.497 e. The highest BCUT2D eigenvalue weighted by Crippen LogP contribution is 2.12. The summed E-state index contributed by atoms with van der Waals surface area (Å²) in [6.45, 7) is 1.69. The van der Waals surface area contributed by atoms with E-state index in [1.165, 1.54) is 12.1 Å². The molecule has 0 aliphatic heterocycles. The van der Waals surface area contributed by atoms with Crippen LogP contribution in [0.1, 0.15) is 11.3 Å². The molecule has 2 rings (SSSR count). The fraction of sp³-hybridized carbons (Fsp3) is 0.133. The molecule has 7 heteroatoms. The number of nitrogens with one attached hydrogen (secondary N) is 3. The van der Waals surface area contributed by atoms with Gasteiger partial charge in [0.25, 0.3) is 11.5 Å². The maximum atomic E-state index is 11.7. The number of carbonyl (C=O) groups excluding carboxylic acids is 1. The molecule has 22 heavy (non-hydrogen) atoms. The minimum absolute atomic E-state index is 0.177. The Hall–Kier alpha value is -3.09. The number of hydrogen-bond acceptors (Lipinski definition) is 5. The Morgan fingerprint density at radius 2 is 2.05 bits per heavy atom. The van der Waals surface area contributed by atoms with E-state index in [9.17, 15) is 9.59 Å². The molecule has 3 N–H and O–H groups in total. The SMILES string of the molecule is COc1ccc(C=CC(=O)NNc2nc(C)cc(=O)[nH]2)cc1. The number of hydrazine groups is 1. The molecule has 114 valence electrons. The summed E-state index contributed by atoms with van der Waals surface area (Å²) in [5.41, 5.74) is 6.07. The van der Waals surface area contributed by atoms with E-state index in [0.717, 1.165) is 11.3 Å². The second kappa shape index (κ2) is 7.07. The van der Waals surface area contributed by atoms with Gasteiger partial charge in [-0.2, -0.15) is 0 Å². The van der Waals surface area contributed by atoms with E-state index in [-0.39, 0.29) is 17.4 Å². The quantitative estimate of drug-likeness (QED) is 0.570. The first-order valence-electron chi connectivity index (χ1n) is 6.53. The Kier molecular flexibility index (Phi) is 4.92. The number of aromatic amines is 1. The van der Waals surface area contributed by atoms with Gasteiger partial charge >= 0.3 is 0 Å². The summed E-state index contributed by atoms with van der Waals surface area (Å²) in [7, 11) is 1.59. The molecular weight excluding hydrogens is 284 g/mol. The third-order valence-corrected chi connectivity index (χ3v) is 2.72. The van der Waals surface area contributed by atoms with Crippen LogP contribution in [0.15, 0.2) is 41.2 Å². The molecule has 0 fully saturated rings. The predicted molar refractivity (Wildman–Crippen MR) is 83.4 cm³/mol. The number of methoxy groups -OCH3 is 1. The fourth-order valence-electron chi connectivity index (χ4n) is 1.69. The largest absolute Gasteiger partial charge is 0.497 e. The van der Waals surface area contributed by atoms with Crippen LogP contribution in [0.5, 0.6) is 5.75 Å². The van der Waals surface area contributed by atoms with Crippen LogP contribution in [0.2, 0.25) is 0 Å². The number of carbonyl (C=O) groups is 1. The first kappa shape index (κ1) is 15.3. The van der Waals surface area contributed by atoms with E-state index in [1.807, 2.05) is 12.1 Å². The standard InChI is InChI=1S/C15H16N4O3/c1-10-9-14(21)17-15(16-10)19-18-13(20)8-5-11-3-6-12(22-2)7-4-11/h3-9H,1-2H3,(H,18,20)(H2,16,17,19,21). The topological polar surface area (TPSA) is 96.1 Å². The molecule has 0 saturated heterocycles. The van der Waals surface area contributed by atoms with Crippen molar-refractivity contribution < 1.29 is 9.53 Å². The van der Waals surface area contributed by atoms with Crippen molar-refractivity contribution >= 4 is 17.9 Å². The molecular formula is C15H16N4O3. The summed E-state index contributed by atoms with van der Waals surface area (Å²) >= 11 is 0. The number of H-pyrrole nitrogens is 1. The van der Waals surface area contributed by atoms with E-state index in [2.05, 4.69) is 20.8 Å². The van der Waals surface area contributed by atoms with Gasteiger partial charge in [-0.3, -0.25) is 25.4 Å². The number of benzene rings is 1. The number of amides is 1. The molecule has 0 bridgehead atoms. The van der Waals surface area contributed by atoms with Crippen LogP contribution in [0.3, 0.4) is 0 Å². The van der Waals surface area contributed by atoms with Gasteiger partial charge in [-0.25, -0.2) is 4.98 Å². The summed E-state index contributed by atoms with van der Waals surface area (Å²) in [4.78, 5) is 29.4. The molecule has 1 heterocycles. The van der Waals surface area contributed by atoms with Crippen molar-refractivity contribution in [2.24, 2.45) is 0 Å². The number of aryl methyl sites for hydroxylation is 1. The van der Waals surface area contributed by atoms with Crippen LogP contribution in [-0.2, 0) is 4.79 Å². The molecule has 0 atom stereocenters. The number of ether oxygens (including phenoxy) is 1. The first-order valence-corrected chi connectivity index (χ1v) is 6.53. The van der Waals surface area contributed by atoms with Crippen molar-refractivity contribution in [1.82, 2.24) is 15.4 Å². The Labute approximate surface area is 127 Å². The van der Waals surface area contributed by atoms with Crippen molar-refractivity contribution in [3.05, 3.63) is 58.0 Å². The van der Waals surface area contributed by atoms with Crippen molar-refractivity contribution in [2.75, 3.05) is 12.5 Å². The van der Waals surface area contributed by atoms with Gasteiger partial charge in [-0.05, 0) is 30.7 Å². The van der Waals surface area contributed by atoms with Crippen LogP contribution in [0, 0.1) is 6.92 Å². The van der Waals surface area contributed by atoms with Gasteiger partial charge in [0, 0.05) is 17.8 Å². The molecule has 0 spiro atoms. The maximum Gasteiger partial charge on any atom is 0.262 e. The number of anilines is 1. The maximum absolute atomic E-state index is 11.7. The van der Waals surface area contributed by atoms with Crippen LogP contribution >= 0.6 is 0 Å². The van der Waals surface area contributed by atoms with Gasteiger partial charge in [0.1, 0.15) is 5.75 Å². The lowest BCUT2D eigenvalue weighted by atomic mass is 10.2. The minimum atomic E-state index is -0.375. The van der Waals surface area contributed by atoms with Gasteiger partial charge in [-0.15, -0.1) is 0 Å². The highest BCUT2D eigenvalue weighted by atomic mass is 16.5. The highest BCUT2D eigenvalue weighted by Gasteiger charge is 1.99. The highest BCUT2D eigenvalue weighted by molar-refractivity contribution is 5.92. The van der Waals surface area contributed by atoms with E-state index in [4.69, 9.17) is 4.74 Å². The van der Waals surface area contributed by atoms with Gasteiger partial charge in [0.2, 0.25) is 5.95 Å². The normalized spacial score (nSPS) is 10.5. The van der Waals surface area contributed by atoms with Gasteiger partial charge in [0.15, 0.2) is 0 Å². The van der Waals surface area contributed by atoms with Crippen LogP contribution in [0.25, 0.3) is 6.08 Å². The average Bonchev–Trinajstić information content (AvgIpc) is 2.50. The summed E-state index contributed by atoms with van der Waals surface area (Å²) in [5.74, 6) is 0.550. The predicted octanol–water partition coefficient (Wildman–Crippen LogP) is 1.24. The number of hydrogen-bond donors (Lipinski definition) is 3. The Balaban J connectivity index is 1.91. The van der Waals surface area contributed by atoms with E-state index < -0.39 is 0 Å². The van der Waals surface area contributed by atoms with Gasteiger partial charge < -0.3 is 4.74 Å². The first-order chi connectivity index (χ1) is 10.6. The molecule has 7 nitrogen and oxygen atoms in total. The number of nitrogens with zero attached hydrogens (tertiary/aromatic N) is 1. The van der Waals surface area contributed by atoms with Crippen molar-refractivity contribution in [1.29, 1.82) is 0 Å².